The van der Waals surface area contributed by atoms with Gasteiger partial charge in [-0.2, -0.15) is 0 Å². The first-order valence-electron chi connectivity index (χ1n) is 6.84. The van der Waals surface area contributed by atoms with E-state index in [1.807, 2.05) is 0 Å². The van der Waals surface area contributed by atoms with E-state index < -0.39 is 0 Å². The fraction of sp³-hybridized carbons (Fsp3) is 0.562. The molecule has 0 N–H and O–H groups in total. The molecule has 0 bridgehead atoms. The molecule has 0 saturated heterocycles. The smallest absolute Gasteiger partial charge is 0.104 e. The summed E-state index contributed by atoms with van der Waals surface area (Å²) in [6.45, 7) is 12.9. The molecule has 0 unspecified atom stereocenters. The molecule has 1 aromatic carbocycles. The lowest BCUT2D eigenvalue weighted by atomic mass is 10.1. The highest BCUT2D eigenvalue weighted by atomic mass is 15.2. The van der Waals surface area contributed by atoms with Crippen LogP contribution < -0.4 is 0 Å². The highest BCUT2D eigenvalue weighted by Crippen LogP contribution is 2.12. The Morgan fingerprint density at radius 2 is 1.61 bits per heavy atom. The molecule has 0 saturated carbocycles. The summed E-state index contributed by atoms with van der Waals surface area (Å²) >= 11 is 0. The Hall–Kier alpha value is -1.31. The third kappa shape index (κ3) is 4.91. The van der Waals surface area contributed by atoms with E-state index in [1.165, 1.54) is 11.4 Å². The van der Waals surface area contributed by atoms with Crippen molar-refractivity contribution in [3.05, 3.63) is 35.9 Å². The van der Waals surface area contributed by atoms with Crippen molar-refractivity contribution >= 4 is 5.84 Å². The molecule has 2 nitrogen and oxygen atoms in total. The lowest BCUT2D eigenvalue weighted by Gasteiger charge is -2.26. The highest BCUT2D eigenvalue weighted by Gasteiger charge is 2.14. The average Bonchev–Trinajstić information content (AvgIpc) is 2.29. The molecule has 18 heavy (non-hydrogen) atoms. The normalized spacial score (nSPS) is 12.6. The lowest BCUT2D eigenvalue weighted by molar-refractivity contribution is 0.444. The number of nitrogens with zero attached hydrogens (tertiary/aromatic N) is 2. The molecule has 0 radical (unpaired) electrons. The van der Waals surface area contributed by atoms with Crippen LogP contribution in [0.15, 0.2) is 35.3 Å². The van der Waals surface area contributed by atoms with Gasteiger partial charge in [0.2, 0.25) is 0 Å². The fourth-order valence-electron chi connectivity index (χ4n) is 1.98. The van der Waals surface area contributed by atoms with Crippen molar-refractivity contribution in [3.8, 4) is 0 Å². The van der Waals surface area contributed by atoms with E-state index in [4.69, 9.17) is 4.99 Å². The van der Waals surface area contributed by atoms with Crippen LogP contribution in [-0.4, -0.2) is 29.4 Å². The zero-order chi connectivity index (χ0) is 13.6. The summed E-state index contributed by atoms with van der Waals surface area (Å²) in [6, 6.07) is 10.6. The number of benzene rings is 1. The van der Waals surface area contributed by atoms with E-state index in [0.29, 0.717) is 0 Å². The Morgan fingerprint density at radius 1 is 1.06 bits per heavy atom. The quantitative estimate of drug-likeness (QED) is 0.583. The minimum atomic E-state index is -0.0211. The van der Waals surface area contributed by atoms with Gasteiger partial charge in [0.15, 0.2) is 0 Å². The molecule has 100 valence electrons. The van der Waals surface area contributed by atoms with Crippen molar-refractivity contribution in [2.75, 3.05) is 13.1 Å². The van der Waals surface area contributed by atoms with Crippen LogP contribution in [0.4, 0.5) is 0 Å². The molecule has 0 aliphatic carbocycles. The Labute approximate surface area is 112 Å². The molecule has 0 fully saturated rings. The molecule has 0 aliphatic rings. The summed E-state index contributed by atoms with van der Waals surface area (Å²) in [4.78, 5) is 7.23. The second-order valence-electron chi connectivity index (χ2n) is 5.53. The van der Waals surface area contributed by atoms with Gasteiger partial charge in [0, 0.05) is 19.5 Å². The van der Waals surface area contributed by atoms with E-state index in [0.717, 1.165) is 19.5 Å². The van der Waals surface area contributed by atoms with Gasteiger partial charge < -0.3 is 4.90 Å². The van der Waals surface area contributed by atoms with Gasteiger partial charge in [0.25, 0.3) is 0 Å². The van der Waals surface area contributed by atoms with Crippen molar-refractivity contribution in [3.63, 3.8) is 0 Å². The van der Waals surface area contributed by atoms with E-state index in [1.54, 1.807) is 0 Å². The maximum absolute atomic E-state index is 4.89. The fourth-order valence-corrected chi connectivity index (χ4v) is 1.98. The number of hydrogen-bond donors (Lipinski definition) is 0. The molecular formula is C16H26N2. The molecule has 2 heteroatoms. The van der Waals surface area contributed by atoms with Crippen molar-refractivity contribution in [1.29, 1.82) is 0 Å². The summed E-state index contributed by atoms with van der Waals surface area (Å²) in [7, 11) is 0. The third-order valence-electron chi connectivity index (χ3n) is 2.80. The number of aliphatic imine (C=N–C) groups is 1. The predicted octanol–water partition coefficient (Wildman–Crippen LogP) is 3.77. The van der Waals surface area contributed by atoms with Gasteiger partial charge in [0.05, 0.1) is 5.54 Å². The summed E-state index contributed by atoms with van der Waals surface area (Å²) in [5.41, 5.74) is 1.31. The second-order valence-corrected chi connectivity index (χ2v) is 5.53. The van der Waals surface area contributed by atoms with E-state index in [-0.39, 0.29) is 5.54 Å². The van der Waals surface area contributed by atoms with Crippen molar-refractivity contribution in [2.45, 2.75) is 46.6 Å². The summed E-state index contributed by atoms with van der Waals surface area (Å²) in [6.07, 6.45) is 0.916. The van der Waals surface area contributed by atoms with Gasteiger partial charge in [0.1, 0.15) is 5.84 Å². The molecule has 0 atom stereocenters. The van der Waals surface area contributed by atoms with Crippen LogP contribution in [0.3, 0.4) is 0 Å². The zero-order valence-corrected chi connectivity index (χ0v) is 12.4. The summed E-state index contributed by atoms with van der Waals surface area (Å²) in [5, 5.41) is 0. The van der Waals surface area contributed by atoms with Gasteiger partial charge >= 0.3 is 0 Å². The van der Waals surface area contributed by atoms with Gasteiger partial charge in [-0.05, 0) is 40.2 Å². The van der Waals surface area contributed by atoms with Gasteiger partial charge in [-0.25, -0.2) is 0 Å². The lowest BCUT2D eigenvalue weighted by Crippen LogP contribution is -2.34. The highest BCUT2D eigenvalue weighted by molar-refractivity contribution is 5.84. The first-order valence-corrected chi connectivity index (χ1v) is 6.84. The largest absolute Gasteiger partial charge is 0.361 e. The van der Waals surface area contributed by atoms with Crippen LogP contribution >= 0.6 is 0 Å². The first kappa shape index (κ1) is 14.7. The van der Waals surface area contributed by atoms with Gasteiger partial charge in [-0.15, -0.1) is 0 Å². The van der Waals surface area contributed by atoms with E-state index in [2.05, 4.69) is 69.9 Å². The maximum Gasteiger partial charge on any atom is 0.104 e. The van der Waals surface area contributed by atoms with Crippen molar-refractivity contribution in [1.82, 2.24) is 4.90 Å². The molecule has 1 rings (SSSR count). The van der Waals surface area contributed by atoms with Crippen LogP contribution in [-0.2, 0) is 6.42 Å². The van der Waals surface area contributed by atoms with Crippen LogP contribution in [0, 0.1) is 0 Å². The summed E-state index contributed by atoms with van der Waals surface area (Å²) < 4.78 is 0. The molecule has 1 aromatic rings. The number of amidine groups is 1. The van der Waals surface area contributed by atoms with Crippen LogP contribution in [0.2, 0.25) is 0 Å². The average molecular weight is 246 g/mol. The minimum Gasteiger partial charge on any atom is -0.361 e. The molecule has 0 aromatic heterocycles. The molecule has 0 amide bonds. The minimum absolute atomic E-state index is 0.0211. The summed E-state index contributed by atoms with van der Waals surface area (Å²) in [5.74, 6) is 1.19. The number of rotatable bonds is 4. The van der Waals surface area contributed by atoms with Gasteiger partial charge in [-0.1, -0.05) is 30.3 Å². The third-order valence-corrected chi connectivity index (χ3v) is 2.80. The van der Waals surface area contributed by atoms with Crippen molar-refractivity contribution < 1.29 is 0 Å². The molecule has 0 aliphatic heterocycles. The monoisotopic (exact) mass is 246 g/mol. The Balaban J connectivity index is 2.95. The number of likely N-dealkylation sites (N-methyl/N-ethyl adjacent to an activating group) is 1. The van der Waals surface area contributed by atoms with Crippen molar-refractivity contribution in [2.24, 2.45) is 4.99 Å². The topological polar surface area (TPSA) is 15.6 Å². The first-order chi connectivity index (χ1) is 8.46. The molecular weight excluding hydrogens is 220 g/mol. The number of hydrogen-bond acceptors (Lipinski definition) is 1. The van der Waals surface area contributed by atoms with Gasteiger partial charge in [-0.3, -0.25) is 4.99 Å². The predicted molar refractivity (Wildman–Crippen MR) is 80.3 cm³/mol. The van der Waals surface area contributed by atoms with Crippen LogP contribution in [0.1, 0.15) is 40.2 Å². The second kappa shape index (κ2) is 6.58. The molecule has 0 heterocycles. The Morgan fingerprint density at radius 3 is 2.06 bits per heavy atom. The van der Waals surface area contributed by atoms with Crippen LogP contribution in [0.25, 0.3) is 0 Å². The zero-order valence-electron chi connectivity index (χ0n) is 12.4. The van der Waals surface area contributed by atoms with Crippen LogP contribution in [0.5, 0.6) is 0 Å². The maximum atomic E-state index is 4.89. The standard InChI is InChI=1S/C16H26N2/c1-6-18(7-2)15(17-16(3,4)5)13-14-11-9-8-10-12-14/h8-12H,6-7,13H2,1-5H3. The SMILES string of the molecule is CCN(CC)C(Cc1ccccc1)=NC(C)(C)C. The molecule has 0 spiro atoms. The van der Waals surface area contributed by atoms with E-state index >= 15 is 0 Å². The Bertz CT molecular complexity index is 370. The Kier molecular flexibility index (Phi) is 5.39. The van der Waals surface area contributed by atoms with E-state index in [9.17, 15) is 0 Å².